The molecule has 2 unspecified atom stereocenters. The molecule has 9 heavy (non-hydrogen) atoms. The lowest BCUT2D eigenvalue weighted by Crippen LogP contribution is -2.88. The van der Waals surface area contributed by atoms with Gasteiger partial charge in [-0.25, -0.2) is 0 Å². The van der Waals surface area contributed by atoms with Crippen LogP contribution in [0, 0.1) is 0 Å². The first kappa shape index (κ1) is 6.69. The summed E-state index contributed by atoms with van der Waals surface area (Å²) in [6, 6.07) is 9.61. The highest BCUT2D eigenvalue weighted by Gasteiger charge is 1.89. The molecule has 0 aliphatic heterocycles. The Morgan fingerprint density at radius 2 is 1.78 bits per heavy atom. The molecule has 2 N–H and O–H groups in total. The van der Waals surface area contributed by atoms with Crippen LogP contribution in [0.3, 0.4) is 0 Å². The van der Waals surface area contributed by atoms with Gasteiger partial charge in [-0.15, -0.1) is 0 Å². The van der Waals surface area contributed by atoms with E-state index < -0.39 is 0 Å². The van der Waals surface area contributed by atoms with Crippen LogP contribution in [-0.2, 0) is 0 Å². The monoisotopic (exact) mass is 140 g/mol. The number of hydrogen-bond acceptors (Lipinski definition) is 0. The molecular weight excluding hydrogens is 131 g/mol. The van der Waals surface area contributed by atoms with Gasteiger partial charge in [0.15, 0.2) is 0 Å². The highest BCUT2D eigenvalue weighted by atomic mass is 31.0. The summed E-state index contributed by atoms with van der Waals surface area (Å²) in [5.74, 6) is 7.20. The molecule has 1 rings (SSSR count). The van der Waals surface area contributed by atoms with Crippen LogP contribution in [0.1, 0.15) is 0 Å². The number of quaternary nitrogens is 1. The van der Waals surface area contributed by atoms with Crippen LogP contribution in [0.5, 0.6) is 0 Å². The molecule has 48 valence electrons. The fourth-order valence-corrected chi connectivity index (χ4v) is 0.810. The summed E-state index contributed by atoms with van der Waals surface area (Å²) in [6.45, 7) is 0. The van der Waals surface area contributed by atoms with Crippen molar-refractivity contribution in [2.24, 2.45) is 0 Å². The van der Waals surface area contributed by atoms with Crippen LogP contribution in [0.2, 0.25) is 0 Å². The highest BCUT2D eigenvalue weighted by molar-refractivity contribution is 7.08. The van der Waals surface area contributed by atoms with E-state index >= 15 is 0 Å². The molecule has 0 aliphatic rings. The first-order valence-corrected chi connectivity index (χ1v) is 3.28. The predicted molar refractivity (Wildman–Crippen MR) is 41.1 cm³/mol. The zero-order chi connectivity index (χ0) is 6.69. The smallest absolute Gasteiger partial charge is 0.122 e. The Kier molecular flexibility index (Phi) is 2.17. The van der Waals surface area contributed by atoms with Gasteiger partial charge in [-0.3, -0.25) is 0 Å². The number of rotatable bonds is 1. The summed E-state index contributed by atoms with van der Waals surface area (Å²) in [5, 5.41) is 0. The number of nitrogens with one attached hydrogen (secondary N) is 2. The second kappa shape index (κ2) is 2.92. The zero-order valence-corrected chi connectivity index (χ0v) is 6.12. The lowest BCUT2D eigenvalue weighted by Gasteiger charge is -2.12. The maximum absolute atomic E-state index is 7.20. The number of para-hydroxylation sites is 1. The molecule has 0 amide bonds. The number of benzene rings is 1. The van der Waals surface area contributed by atoms with Gasteiger partial charge in [-0.1, -0.05) is 18.2 Å². The average Bonchev–Trinajstić information content (AvgIpc) is 1.90. The minimum atomic E-state index is 0.538. The lowest BCUT2D eigenvalue weighted by atomic mass is 10.3. The second-order valence-corrected chi connectivity index (χ2v) is 2.36. The largest absolute Gasteiger partial charge is 0.463 e. The van der Waals surface area contributed by atoms with Gasteiger partial charge in [0.2, 0.25) is 0 Å². The Hall–Kier alpha value is -0.430. The van der Waals surface area contributed by atoms with Crippen LogP contribution in [0.4, 0.5) is 5.69 Å². The third-order valence-electron chi connectivity index (χ3n) is 1.08. The van der Waals surface area contributed by atoms with E-state index in [0.29, 0.717) is 4.78 Å². The molecule has 2 atom stereocenters. The second-order valence-electron chi connectivity index (χ2n) is 1.78. The van der Waals surface area contributed by atoms with Gasteiger partial charge in [0.25, 0.3) is 0 Å². The van der Waals surface area contributed by atoms with Crippen LogP contribution >= 0.6 is 9.39 Å². The van der Waals surface area contributed by atoms with Crippen molar-refractivity contribution in [3.05, 3.63) is 36.2 Å². The Morgan fingerprint density at radius 3 is 2.11 bits per heavy atom. The van der Waals surface area contributed by atoms with Gasteiger partial charge < -0.3 is 10.6 Å². The first-order valence-electron chi connectivity index (χ1n) is 2.70. The van der Waals surface area contributed by atoms with E-state index in [9.17, 15) is 0 Å². The molecule has 1 aromatic carbocycles. The minimum absolute atomic E-state index is 0.538. The average molecular weight is 140 g/mol. The van der Waals surface area contributed by atoms with Crippen molar-refractivity contribution < 1.29 is 4.78 Å². The molecule has 0 radical (unpaired) electrons. The maximum Gasteiger partial charge on any atom is 0.122 e. The molecule has 2 nitrogen and oxygen atoms in total. The van der Waals surface area contributed by atoms with Gasteiger partial charge in [0.1, 0.15) is 5.69 Å². The van der Waals surface area contributed by atoms with Gasteiger partial charge in [-0.2, -0.15) is 0 Å². The molecule has 3 heteroatoms. The van der Waals surface area contributed by atoms with Gasteiger partial charge in [-0.05, 0) is 12.1 Å². The molecule has 0 aliphatic carbocycles. The van der Waals surface area contributed by atoms with Crippen molar-refractivity contribution in [1.29, 1.82) is 0 Å². The van der Waals surface area contributed by atoms with Crippen molar-refractivity contribution in [1.82, 2.24) is 0 Å². The lowest BCUT2D eigenvalue weighted by molar-refractivity contribution is -0.615. The third-order valence-corrected chi connectivity index (χ3v) is 1.42. The zero-order valence-electron chi connectivity index (χ0n) is 4.96. The van der Waals surface area contributed by atoms with Crippen LogP contribution in [-0.4, -0.2) is 0 Å². The quantitative estimate of drug-likeness (QED) is 0.444. The predicted octanol–water partition coefficient (Wildman–Crippen LogP) is 0.960. The third kappa shape index (κ3) is 1.75. The maximum atomic E-state index is 7.20. The van der Waals surface area contributed by atoms with Crippen LogP contribution in [0.25, 0.3) is 5.84 Å². The van der Waals surface area contributed by atoms with E-state index in [1.165, 1.54) is 0 Å². The molecule has 0 saturated carbocycles. The van der Waals surface area contributed by atoms with E-state index in [2.05, 4.69) is 9.39 Å². The van der Waals surface area contributed by atoms with E-state index in [-0.39, 0.29) is 0 Å². The summed E-state index contributed by atoms with van der Waals surface area (Å²) in [4.78, 5) is 0. The summed E-state index contributed by atoms with van der Waals surface area (Å²) < 4.78 is 0.538. The van der Waals surface area contributed by atoms with E-state index in [1.54, 1.807) is 0 Å². The molecule has 1 aromatic rings. The Bertz CT molecular complexity index is 174. The summed E-state index contributed by atoms with van der Waals surface area (Å²) in [6.07, 6.45) is 0. The summed E-state index contributed by atoms with van der Waals surface area (Å²) >= 11 is 0. The molecule has 0 saturated heterocycles. The van der Waals surface area contributed by atoms with Crippen molar-refractivity contribution in [3.63, 3.8) is 0 Å². The fraction of sp³-hybridized carbons (Fsp3) is 0. The van der Waals surface area contributed by atoms with Crippen molar-refractivity contribution in [2.75, 3.05) is 0 Å². The molecule has 0 heterocycles. The van der Waals surface area contributed by atoms with Crippen LogP contribution in [0.15, 0.2) is 30.3 Å². The molecule has 0 aromatic heterocycles. The van der Waals surface area contributed by atoms with E-state index in [0.717, 1.165) is 5.69 Å². The SMILES string of the molecule is [NH-][NH+](P)c1ccccc1. The number of hydrogen-bond donors (Lipinski definition) is 1. The Balaban J connectivity index is 2.85. The highest BCUT2D eigenvalue weighted by Crippen LogP contribution is 1.98. The molecule has 0 spiro atoms. The minimum Gasteiger partial charge on any atom is -0.463 e. The topological polar surface area (TPSA) is 28.2 Å². The Labute approximate surface area is 56.9 Å². The van der Waals surface area contributed by atoms with Crippen molar-refractivity contribution in [3.8, 4) is 0 Å². The standard InChI is InChI=1S/C6H9N2P/c7-8(9)6-4-2-1-3-5-6/h1-5,7-8H,9H2. The molecular formula is C6H9N2P. The van der Waals surface area contributed by atoms with Gasteiger partial charge >= 0.3 is 0 Å². The van der Waals surface area contributed by atoms with Crippen molar-refractivity contribution in [2.45, 2.75) is 0 Å². The van der Waals surface area contributed by atoms with E-state index in [4.69, 9.17) is 5.84 Å². The van der Waals surface area contributed by atoms with Gasteiger partial charge in [0.05, 0.1) is 9.39 Å². The fourth-order valence-electron chi connectivity index (χ4n) is 0.618. The first-order chi connectivity index (χ1) is 4.30. The van der Waals surface area contributed by atoms with Gasteiger partial charge in [0, 0.05) is 0 Å². The van der Waals surface area contributed by atoms with Crippen molar-refractivity contribution >= 4 is 15.1 Å². The van der Waals surface area contributed by atoms with Crippen LogP contribution < -0.4 is 4.78 Å². The molecule has 0 fully saturated rings. The summed E-state index contributed by atoms with van der Waals surface area (Å²) in [7, 11) is 2.36. The normalized spacial score (nSPS) is 13.1. The van der Waals surface area contributed by atoms with E-state index in [1.807, 2.05) is 30.3 Å². The molecule has 0 bridgehead atoms. The Morgan fingerprint density at radius 1 is 1.22 bits per heavy atom. The summed E-state index contributed by atoms with van der Waals surface area (Å²) in [5.41, 5.74) is 0.961.